The van der Waals surface area contributed by atoms with Gasteiger partial charge in [-0.1, -0.05) is 121 Å². The zero-order valence-corrected chi connectivity index (χ0v) is 26.2. The molecule has 6 rings (SSSR count). The number of rotatable bonds is 15. The van der Waals surface area contributed by atoms with Crippen molar-refractivity contribution in [3.63, 3.8) is 0 Å². The van der Waals surface area contributed by atoms with Gasteiger partial charge in [-0.15, -0.1) is 0 Å². The Morgan fingerprint density at radius 1 is 0.468 bits per heavy atom. The van der Waals surface area contributed by atoms with Crippen molar-refractivity contribution >= 4 is 0 Å². The Kier molecular flexibility index (Phi) is 11.7. The molecule has 242 valence electrons. The zero-order valence-electron chi connectivity index (χ0n) is 26.2. The second kappa shape index (κ2) is 16.9. The van der Waals surface area contributed by atoms with Gasteiger partial charge in [0.2, 0.25) is 6.29 Å². The van der Waals surface area contributed by atoms with E-state index in [1.54, 1.807) is 24.3 Å². The number of ether oxygens (including phenoxy) is 6. The summed E-state index contributed by atoms with van der Waals surface area (Å²) in [5, 5.41) is 9.90. The summed E-state index contributed by atoms with van der Waals surface area (Å²) in [4.78, 5) is 0. The summed E-state index contributed by atoms with van der Waals surface area (Å²) in [6.07, 6.45) is -3.26. The lowest BCUT2D eigenvalue weighted by atomic mass is 9.97. The van der Waals surface area contributed by atoms with Gasteiger partial charge in [0.15, 0.2) is 0 Å². The van der Waals surface area contributed by atoms with Gasteiger partial charge in [0.1, 0.15) is 35.9 Å². The minimum Gasteiger partial charge on any atom is -0.508 e. The second-order valence-electron chi connectivity index (χ2n) is 11.4. The van der Waals surface area contributed by atoms with E-state index in [-0.39, 0.29) is 12.4 Å². The summed E-state index contributed by atoms with van der Waals surface area (Å²) < 4.78 is 39.5. The van der Waals surface area contributed by atoms with E-state index in [4.69, 9.17) is 28.4 Å². The van der Waals surface area contributed by atoms with Crippen molar-refractivity contribution in [2.24, 2.45) is 0 Å². The van der Waals surface area contributed by atoms with Crippen LogP contribution in [0.1, 0.15) is 22.3 Å². The van der Waals surface area contributed by atoms with Crippen molar-refractivity contribution in [2.75, 3.05) is 6.61 Å². The quantitative estimate of drug-likeness (QED) is 0.128. The third-order valence-corrected chi connectivity index (χ3v) is 7.93. The third-order valence-electron chi connectivity index (χ3n) is 7.93. The Morgan fingerprint density at radius 2 is 0.894 bits per heavy atom. The molecule has 1 aliphatic heterocycles. The van der Waals surface area contributed by atoms with E-state index < -0.39 is 30.7 Å². The summed E-state index contributed by atoms with van der Waals surface area (Å²) in [5.41, 5.74) is 4.12. The average Bonchev–Trinajstić information content (AvgIpc) is 3.12. The van der Waals surface area contributed by atoms with Crippen LogP contribution in [0.3, 0.4) is 0 Å². The molecule has 3 unspecified atom stereocenters. The topological polar surface area (TPSA) is 75.6 Å². The molecule has 0 spiro atoms. The van der Waals surface area contributed by atoms with Gasteiger partial charge in [-0.05, 0) is 46.5 Å². The minimum atomic E-state index is -0.870. The number of aromatic hydroxyl groups is 1. The molecular weight excluding hydrogens is 592 g/mol. The van der Waals surface area contributed by atoms with Crippen molar-refractivity contribution in [3.8, 4) is 11.5 Å². The van der Waals surface area contributed by atoms with E-state index in [0.29, 0.717) is 32.2 Å². The Bertz CT molecular complexity index is 1580. The molecule has 1 saturated heterocycles. The van der Waals surface area contributed by atoms with E-state index in [9.17, 15) is 5.11 Å². The summed E-state index contributed by atoms with van der Waals surface area (Å²) in [5.74, 6) is 0.667. The van der Waals surface area contributed by atoms with Crippen LogP contribution in [-0.2, 0) is 50.1 Å². The average molecular weight is 633 g/mol. The number of phenolic OH excluding ortho intramolecular Hbond substituents is 1. The number of benzene rings is 5. The fourth-order valence-corrected chi connectivity index (χ4v) is 5.50. The fraction of sp³-hybridized carbons (Fsp3) is 0.250. The molecule has 0 radical (unpaired) electrons. The number of hydrogen-bond acceptors (Lipinski definition) is 7. The lowest BCUT2D eigenvalue weighted by molar-refractivity contribution is -0.310. The first-order valence-electron chi connectivity index (χ1n) is 15.9. The maximum atomic E-state index is 9.90. The van der Waals surface area contributed by atoms with Crippen LogP contribution in [-0.4, -0.2) is 42.4 Å². The minimum absolute atomic E-state index is 0.143. The predicted molar refractivity (Wildman–Crippen MR) is 179 cm³/mol. The highest BCUT2D eigenvalue weighted by Gasteiger charge is 2.49. The predicted octanol–water partition coefficient (Wildman–Crippen LogP) is 7.47. The van der Waals surface area contributed by atoms with Gasteiger partial charge in [0, 0.05) is 0 Å². The van der Waals surface area contributed by atoms with Gasteiger partial charge in [0.05, 0.1) is 33.0 Å². The zero-order chi connectivity index (χ0) is 32.1. The Balaban J connectivity index is 1.31. The summed E-state index contributed by atoms with van der Waals surface area (Å²) in [6, 6.07) is 46.6. The first kappa shape index (κ1) is 32.4. The molecular formula is C40H40O7. The maximum absolute atomic E-state index is 9.90. The first-order valence-corrected chi connectivity index (χ1v) is 15.9. The highest BCUT2D eigenvalue weighted by molar-refractivity contribution is 5.30. The van der Waals surface area contributed by atoms with E-state index in [0.717, 1.165) is 22.3 Å². The first-order chi connectivity index (χ1) is 23.2. The molecule has 7 nitrogen and oxygen atoms in total. The van der Waals surface area contributed by atoms with E-state index >= 15 is 0 Å². The van der Waals surface area contributed by atoms with Crippen LogP contribution in [0.25, 0.3) is 0 Å². The van der Waals surface area contributed by atoms with Crippen molar-refractivity contribution in [1.82, 2.24) is 0 Å². The summed E-state index contributed by atoms with van der Waals surface area (Å²) in [7, 11) is 0. The molecule has 47 heavy (non-hydrogen) atoms. The Labute approximate surface area is 276 Å². The lowest BCUT2D eigenvalue weighted by Gasteiger charge is -2.45. The Morgan fingerprint density at radius 3 is 1.38 bits per heavy atom. The third kappa shape index (κ3) is 9.51. The van der Waals surface area contributed by atoms with Crippen molar-refractivity contribution in [3.05, 3.63) is 168 Å². The molecule has 1 aliphatic rings. The Hall–Kier alpha value is -4.50. The molecule has 0 amide bonds. The van der Waals surface area contributed by atoms with Crippen LogP contribution >= 0.6 is 0 Å². The molecule has 1 N–H and O–H groups in total. The van der Waals surface area contributed by atoms with Crippen LogP contribution in [0.4, 0.5) is 0 Å². The molecule has 5 aromatic carbocycles. The highest BCUT2D eigenvalue weighted by atomic mass is 16.7. The second-order valence-corrected chi connectivity index (χ2v) is 11.4. The number of hydrogen-bond donors (Lipinski definition) is 1. The normalized spacial score (nSPS) is 20.9. The van der Waals surface area contributed by atoms with E-state index in [1.807, 2.05) is 121 Å². The van der Waals surface area contributed by atoms with Gasteiger partial charge < -0.3 is 33.5 Å². The SMILES string of the molecule is Oc1ccc(O[C@H]2OC(COCc3ccccc3)[C@@H](OCc3ccccc3)C(OCc3ccccc3)C2OCc2ccccc2)cc1. The molecule has 0 bridgehead atoms. The lowest BCUT2D eigenvalue weighted by Crippen LogP contribution is -2.62. The molecule has 0 saturated carbocycles. The van der Waals surface area contributed by atoms with E-state index in [1.165, 1.54) is 0 Å². The van der Waals surface area contributed by atoms with Gasteiger partial charge in [-0.25, -0.2) is 0 Å². The van der Waals surface area contributed by atoms with Crippen LogP contribution in [0.2, 0.25) is 0 Å². The summed E-state index contributed by atoms with van der Waals surface area (Å²) in [6.45, 7) is 1.66. The smallest absolute Gasteiger partial charge is 0.229 e. The van der Waals surface area contributed by atoms with Crippen molar-refractivity contribution in [1.29, 1.82) is 0 Å². The van der Waals surface area contributed by atoms with Gasteiger partial charge in [-0.2, -0.15) is 0 Å². The van der Waals surface area contributed by atoms with E-state index in [2.05, 4.69) is 0 Å². The molecule has 5 aromatic rings. The van der Waals surface area contributed by atoms with Crippen molar-refractivity contribution in [2.45, 2.75) is 57.1 Å². The van der Waals surface area contributed by atoms with Crippen LogP contribution in [0.5, 0.6) is 11.5 Å². The van der Waals surface area contributed by atoms with Crippen LogP contribution in [0, 0.1) is 0 Å². The standard InChI is InChI=1S/C40H40O7/c41-34-21-23-35(24-22-34)46-40-39(45-28-33-19-11-4-12-20-33)38(44-27-32-17-9-3-10-18-32)37(43-26-31-15-7-2-8-16-31)36(47-40)29-42-25-30-13-5-1-6-14-30/h1-24,36-41H,25-29H2/t36?,37-,38?,39?,40+/m1/s1. The largest absolute Gasteiger partial charge is 0.508 e. The highest BCUT2D eigenvalue weighted by Crippen LogP contribution is 2.33. The maximum Gasteiger partial charge on any atom is 0.229 e. The van der Waals surface area contributed by atoms with Crippen LogP contribution in [0.15, 0.2) is 146 Å². The summed E-state index contributed by atoms with van der Waals surface area (Å²) >= 11 is 0. The van der Waals surface area contributed by atoms with Gasteiger partial charge in [-0.3, -0.25) is 0 Å². The number of phenols is 1. The molecule has 7 heteroatoms. The molecule has 0 aliphatic carbocycles. The monoisotopic (exact) mass is 632 g/mol. The van der Waals surface area contributed by atoms with Gasteiger partial charge >= 0.3 is 0 Å². The molecule has 5 atom stereocenters. The fourth-order valence-electron chi connectivity index (χ4n) is 5.50. The van der Waals surface area contributed by atoms with Crippen molar-refractivity contribution < 1.29 is 33.5 Å². The van der Waals surface area contributed by atoms with Gasteiger partial charge in [0.25, 0.3) is 0 Å². The molecule has 1 heterocycles. The molecule has 1 fully saturated rings. The molecule has 0 aromatic heterocycles. The van der Waals surface area contributed by atoms with Crippen LogP contribution < -0.4 is 4.74 Å².